The lowest BCUT2D eigenvalue weighted by atomic mass is 10.2. The summed E-state index contributed by atoms with van der Waals surface area (Å²) in [4.78, 5) is 11.6. The number of nitrogens with one attached hydrogen (secondary N) is 2. The quantitative estimate of drug-likeness (QED) is 0.632. The molecule has 1 amide bonds. The molecule has 0 aromatic rings. The third-order valence-electron chi connectivity index (χ3n) is 3.08. The van der Waals surface area contributed by atoms with Crippen LogP contribution in [0.4, 0.5) is 0 Å². The molecule has 0 aromatic carbocycles. The van der Waals surface area contributed by atoms with Gasteiger partial charge in [-0.25, -0.2) is 8.42 Å². The molecule has 1 fully saturated rings. The SMILES string of the molecule is CCCCCNCCC(=O)NC1CCS(=O)(=O)C1. The molecule has 0 bridgehead atoms. The van der Waals surface area contributed by atoms with E-state index < -0.39 is 9.84 Å². The standard InChI is InChI=1S/C12H24N2O3S/c1-2-3-4-7-13-8-5-12(15)14-11-6-9-18(16,17)10-11/h11,13H,2-10H2,1H3,(H,14,15). The van der Waals surface area contributed by atoms with Crippen LogP contribution >= 0.6 is 0 Å². The van der Waals surface area contributed by atoms with Crippen LogP contribution in [0, 0.1) is 0 Å². The normalized spacial score (nSPS) is 21.9. The fourth-order valence-electron chi connectivity index (χ4n) is 2.04. The van der Waals surface area contributed by atoms with E-state index in [0.29, 0.717) is 19.4 Å². The summed E-state index contributed by atoms with van der Waals surface area (Å²) >= 11 is 0. The lowest BCUT2D eigenvalue weighted by molar-refractivity contribution is -0.121. The van der Waals surface area contributed by atoms with Crippen LogP contribution in [0.15, 0.2) is 0 Å². The van der Waals surface area contributed by atoms with Crippen LogP contribution in [0.3, 0.4) is 0 Å². The van der Waals surface area contributed by atoms with Crippen molar-refractivity contribution in [3.8, 4) is 0 Å². The summed E-state index contributed by atoms with van der Waals surface area (Å²) in [5.41, 5.74) is 0. The van der Waals surface area contributed by atoms with E-state index in [1.807, 2.05) is 0 Å². The summed E-state index contributed by atoms with van der Waals surface area (Å²) < 4.78 is 22.4. The van der Waals surface area contributed by atoms with Gasteiger partial charge in [0.2, 0.25) is 5.91 Å². The van der Waals surface area contributed by atoms with Crippen LogP contribution in [-0.2, 0) is 14.6 Å². The number of carbonyl (C=O) groups is 1. The maximum atomic E-state index is 11.6. The molecule has 106 valence electrons. The van der Waals surface area contributed by atoms with Gasteiger partial charge in [0, 0.05) is 19.0 Å². The molecule has 0 spiro atoms. The minimum Gasteiger partial charge on any atom is -0.352 e. The Morgan fingerprint density at radius 1 is 1.28 bits per heavy atom. The molecule has 0 radical (unpaired) electrons. The van der Waals surface area contributed by atoms with Crippen molar-refractivity contribution in [2.45, 2.75) is 45.1 Å². The van der Waals surface area contributed by atoms with Crippen LogP contribution in [-0.4, -0.2) is 45.0 Å². The Morgan fingerprint density at radius 3 is 2.67 bits per heavy atom. The first-order chi connectivity index (χ1) is 8.53. The molecule has 6 heteroatoms. The highest BCUT2D eigenvalue weighted by Gasteiger charge is 2.28. The van der Waals surface area contributed by atoms with E-state index in [-0.39, 0.29) is 23.5 Å². The molecule has 0 saturated carbocycles. The van der Waals surface area contributed by atoms with Crippen LogP contribution < -0.4 is 10.6 Å². The van der Waals surface area contributed by atoms with E-state index >= 15 is 0 Å². The van der Waals surface area contributed by atoms with Gasteiger partial charge in [0.15, 0.2) is 9.84 Å². The zero-order chi connectivity index (χ0) is 13.4. The number of carbonyl (C=O) groups excluding carboxylic acids is 1. The van der Waals surface area contributed by atoms with Gasteiger partial charge in [-0.3, -0.25) is 4.79 Å². The first kappa shape index (κ1) is 15.4. The van der Waals surface area contributed by atoms with Gasteiger partial charge >= 0.3 is 0 Å². The fraction of sp³-hybridized carbons (Fsp3) is 0.917. The van der Waals surface area contributed by atoms with Gasteiger partial charge in [0.25, 0.3) is 0 Å². The minimum atomic E-state index is -2.91. The van der Waals surface area contributed by atoms with Crippen molar-refractivity contribution >= 4 is 15.7 Å². The van der Waals surface area contributed by atoms with Crippen LogP contribution in [0.2, 0.25) is 0 Å². The van der Waals surface area contributed by atoms with Crippen LogP contribution in [0.25, 0.3) is 0 Å². The Labute approximate surface area is 110 Å². The lowest BCUT2D eigenvalue weighted by Crippen LogP contribution is -2.37. The number of sulfone groups is 1. The lowest BCUT2D eigenvalue weighted by Gasteiger charge is -2.11. The van der Waals surface area contributed by atoms with Crippen molar-refractivity contribution in [2.24, 2.45) is 0 Å². The fourth-order valence-corrected chi connectivity index (χ4v) is 3.71. The van der Waals surface area contributed by atoms with Gasteiger partial charge in [0.05, 0.1) is 11.5 Å². The molecule has 0 aromatic heterocycles. The zero-order valence-corrected chi connectivity index (χ0v) is 11.9. The van der Waals surface area contributed by atoms with Gasteiger partial charge in [-0.15, -0.1) is 0 Å². The maximum Gasteiger partial charge on any atom is 0.221 e. The van der Waals surface area contributed by atoms with E-state index in [0.717, 1.165) is 13.0 Å². The van der Waals surface area contributed by atoms with Crippen molar-refractivity contribution in [1.82, 2.24) is 10.6 Å². The van der Waals surface area contributed by atoms with E-state index in [4.69, 9.17) is 0 Å². The topological polar surface area (TPSA) is 75.3 Å². The Bertz CT molecular complexity index is 354. The number of hydrogen-bond donors (Lipinski definition) is 2. The molecular weight excluding hydrogens is 252 g/mol. The predicted octanol–water partition coefficient (Wildman–Crippen LogP) is 0.460. The number of hydrogen-bond acceptors (Lipinski definition) is 4. The number of unbranched alkanes of at least 4 members (excludes halogenated alkanes) is 2. The molecule has 0 aliphatic carbocycles. The summed E-state index contributed by atoms with van der Waals surface area (Å²) in [5.74, 6) is 0.246. The van der Waals surface area contributed by atoms with Crippen molar-refractivity contribution in [1.29, 1.82) is 0 Å². The van der Waals surface area contributed by atoms with E-state index in [9.17, 15) is 13.2 Å². The van der Waals surface area contributed by atoms with Crippen LogP contribution in [0.1, 0.15) is 39.0 Å². The highest BCUT2D eigenvalue weighted by molar-refractivity contribution is 7.91. The smallest absolute Gasteiger partial charge is 0.221 e. The average Bonchev–Trinajstić information content (AvgIpc) is 2.63. The van der Waals surface area contributed by atoms with Crippen molar-refractivity contribution in [3.05, 3.63) is 0 Å². The predicted molar refractivity (Wildman–Crippen MR) is 72.2 cm³/mol. The molecule has 18 heavy (non-hydrogen) atoms. The molecule has 1 heterocycles. The van der Waals surface area contributed by atoms with Gasteiger partial charge in [0.1, 0.15) is 0 Å². The Hall–Kier alpha value is -0.620. The Balaban J connectivity index is 2.04. The van der Waals surface area contributed by atoms with Gasteiger partial charge in [-0.1, -0.05) is 19.8 Å². The molecule has 1 aliphatic heterocycles. The van der Waals surface area contributed by atoms with E-state index in [1.54, 1.807) is 0 Å². The second-order valence-electron chi connectivity index (χ2n) is 4.87. The van der Waals surface area contributed by atoms with Gasteiger partial charge in [-0.05, 0) is 19.4 Å². The second kappa shape index (κ2) is 7.74. The first-order valence-electron chi connectivity index (χ1n) is 6.74. The number of rotatable bonds is 8. The zero-order valence-electron chi connectivity index (χ0n) is 11.1. The molecule has 2 N–H and O–H groups in total. The average molecular weight is 276 g/mol. The minimum absolute atomic E-state index is 0.0555. The van der Waals surface area contributed by atoms with Crippen molar-refractivity contribution < 1.29 is 13.2 Å². The molecule has 5 nitrogen and oxygen atoms in total. The van der Waals surface area contributed by atoms with Gasteiger partial charge < -0.3 is 10.6 Å². The molecule has 1 rings (SSSR count). The summed E-state index contributed by atoms with van der Waals surface area (Å²) in [6, 6.07) is -0.178. The summed E-state index contributed by atoms with van der Waals surface area (Å²) in [6.45, 7) is 3.76. The highest BCUT2D eigenvalue weighted by atomic mass is 32.2. The molecule has 1 aliphatic rings. The summed E-state index contributed by atoms with van der Waals surface area (Å²) in [5, 5.41) is 5.99. The van der Waals surface area contributed by atoms with Crippen molar-refractivity contribution in [3.63, 3.8) is 0 Å². The van der Waals surface area contributed by atoms with Gasteiger partial charge in [-0.2, -0.15) is 0 Å². The molecular formula is C12H24N2O3S. The summed E-state index contributed by atoms with van der Waals surface area (Å²) in [7, 11) is -2.91. The van der Waals surface area contributed by atoms with Crippen molar-refractivity contribution in [2.75, 3.05) is 24.6 Å². The molecule has 1 saturated heterocycles. The highest BCUT2D eigenvalue weighted by Crippen LogP contribution is 2.11. The first-order valence-corrected chi connectivity index (χ1v) is 8.56. The van der Waals surface area contributed by atoms with Crippen LogP contribution in [0.5, 0.6) is 0 Å². The largest absolute Gasteiger partial charge is 0.352 e. The monoisotopic (exact) mass is 276 g/mol. The molecule has 1 unspecified atom stereocenters. The Kier molecular flexibility index (Phi) is 6.63. The van der Waals surface area contributed by atoms with E-state index in [1.165, 1.54) is 12.8 Å². The Morgan fingerprint density at radius 2 is 2.06 bits per heavy atom. The summed E-state index contributed by atoms with van der Waals surface area (Å²) in [6.07, 6.45) is 4.51. The molecule has 1 atom stereocenters. The maximum absolute atomic E-state index is 11.6. The van der Waals surface area contributed by atoms with E-state index in [2.05, 4.69) is 17.6 Å². The third-order valence-corrected chi connectivity index (χ3v) is 4.85. The number of amides is 1. The second-order valence-corrected chi connectivity index (χ2v) is 7.10. The third kappa shape index (κ3) is 6.35.